The zero-order chi connectivity index (χ0) is 10.3. The van der Waals surface area contributed by atoms with Gasteiger partial charge in [-0.05, 0) is 11.8 Å². The Balaban J connectivity index is 3.31. The fourth-order valence-corrected chi connectivity index (χ4v) is 1.20. The first-order chi connectivity index (χ1) is 5.95. The van der Waals surface area contributed by atoms with E-state index in [-0.39, 0.29) is 0 Å². The number of hydrogen-bond acceptors (Lipinski definition) is 2. The van der Waals surface area contributed by atoms with E-state index in [9.17, 15) is 0 Å². The van der Waals surface area contributed by atoms with Gasteiger partial charge in [-0.1, -0.05) is 40.5 Å². The standard InChI is InChI=1S/C11H26N2/c1-5-6-7-10(12)8-13-9-11(2,3)4/h10,13H,5-9,12H2,1-4H3. The zero-order valence-corrected chi connectivity index (χ0v) is 9.69. The molecule has 0 aliphatic heterocycles. The second-order valence-corrected chi connectivity index (χ2v) is 5.09. The van der Waals surface area contributed by atoms with E-state index in [1.165, 1.54) is 12.8 Å². The largest absolute Gasteiger partial charge is 0.327 e. The molecule has 1 unspecified atom stereocenters. The van der Waals surface area contributed by atoms with E-state index in [4.69, 9.17) is 5.73 Å². The van der Waals surface area contributed by atoms with Crippen molar-refractivity contribution in [2.24, 2.45) is 11.1 Å². The van der Waals surface area contributed by atoms with Gasteiger partial charge in [-0.2, -0.15) is 0 Å². The average molecular weight is 186 g/mol. The number of unbranched alkanes of at least 4 members (excludes halogenated alkanes) is 1. The molecule has 0 spiro atoms. The molecule has 0 rings (SSSR count). The molecule has 2 nitrogen and oxygen atoms in total. The highest BCUT2D eigenvalue weighted by Gasteiger charge is 2.09. The molecule has 13 heavy (non-hydrogen) atoms. The molecular formula is C11H26N2. The topological polar surface area (TPSA) is 38.0 Å². The fourth-order valence-electron chi connectivity index (χ4n) is 1.20. The van der Waals surface area contributed by atoms with Gasteiger partial charge in [-0.3, -0.25) is 0 Å². The van der Waals surface area contributed by atoms with Crippen molar-refractivity contribution in [2.45, 2.75) is 53.0 Å². The van der Waals surface area contributed by atoms with Crippen molar-refractivity contribution in [1.29, 1.82) is 0 Å². The Bertz CT molecular complexity index is 116. The van der Waals surface area contributed by atoms with E-state index < -0.39 is 0 Å². The second kappa shape index (κ2) is 6.39. The smallest absolute Gasteiger partial charge is 0.0165 e. The molecule has 0 fully saturated rings. The summed E-state index contributed by atoms with van der Waals surface area (Å²) < 4.78 is 0. The number of nitrogens with two attached hydrogens (primary N) is 1. The SMILES string of the molecule is CCCCC(N)CNCC(C)(C)C. The molecule has 0 radical (unpaired) electrons. The van der Waals surface area contributed by atoms with Crippen molar-refractivity contribution in [1.82, 2.24) is 5.32 Å². The Morgan fingerprint density at radius 2 is 1.92 bits per heavy atom. The van der Waals surface area contributed by atoms with Crippen molar-refractivity contribution in [3.63, 3.8) is 0 Å². The van der Waals surface area contributed by atoms with Crippen LogP contribution in [-0.4, -0.2) is 19.1 Å². The van der Waals surface area contributed by atoms with Gasteiger partial charge in [0, 0.05) is 19.1 Å². The molecule has 0 aliphatic rings. The highest BCUT2D eigenvalue weighted by molar-refractivity contribution is 4.69. The molecule has 0 aromatic carbocycles. The van der Waals surface area contributed by atoms with Gasteiger partial charge in [-0.25, -0.2) is 0 Å². The second-order valence-electron chi connectivity index (χ2n) is 5.09. The summed E-state index contributed by atoms with van der Waals surface area (Å²) in [5, 5.41) is 3.41. The first kappa shape index (κ1) is 12.9. The first-order valence-electron chi connectivity index (χ1n) is 5.42. The summed E-state index contributed by atoms with van der Waals surface area (Å²) in [7, 11) is 0. The maximum atomic E-state index is 5.93. The predicted molar refractivity (Wildman–Crippen MR) is 59.8 cm³/mol. The van der Waals surface area contributed by atoms with E-state index in [0.717, 1.165) is 19.5 Å². The molecular weight excluding hydrogens is 160 g/mol. The van der Waals surface area contributed by atoms with Crippen LogP contribution in [0.15, 0.2) is 0 Å². The molecule has 0 aromatic heterocycles. The zero-order valence-electron chi connectivity index (χ0n) is 9.69. The van der Waals surface area contributed by atoms with Crippen LogP contribution < -0.4 is 11.1 Å². The van der Waals surface area contributed by atoms with E-state index in [2.05, 4.69) is 33.0 Å². The lowest BCUT2D eigenvalue weighted by Gasteiger charge is -2.20. The summed E-state index contributed by atoms with van der Waals surface area (Å²) in [6, 6.07) is 0.335. The van der Waals surface area contributed by atoms with Crippen LogP contribution in [0, 0.1) is 5.41 Å². The van der Waals surface area contributed by atoms with E-state index >= 15 is 0 Å². The summed E-state index contributed by atoms with van der Waals surface area (Å²) in [6.07, 6.45) is 3.64. The lowest BCUT2D eigenvalue weighted by Crippen LogP contribution is -2.37. The number of rotatable bonds is 6. The average Bonchev–Trinajstić information content (AvgIpc) is 1.98. The quantitative estimate of drug-likeness (QED) is 0.667. The summed E-state index contributed by atoms with van der Waals surface area (Å²) >= 11 is 0. The fraction of sp³-hybridized carbons (Fsp3) is 1.00. The van der Waals surface area contributed by atoms with Gasteiger partial charge in [-0.15, -0.1) is 0 Å². The third-order valence-electron chi connectivity index (χ3n) is 1.99. The lowest BCUT2D eigenvalue weighted by atomic mass is 9.97. The van der Waals surface area contributed by atoms with Crippen molar-refractivity contribution in [3.05, 3.63) is 0 Å². The number of hydrogen-bond donors (Lipinski definition) is 2. The highest BCUT2D eigenvalue weighted by Crippen LogP contribution is 2.10. The van der Waals surface area contributed by atoms with Gasteiger partial charge >= 0.3 is 0 Å². The molecule has 0 amide bonds. The van der Waals surface area contributed by atoms with Crippen LogP contribution in [0.2, 0.25) is 0 Å². The molecule has 3 N–H and O–H groups in total. The van der Waals surface area contributed by atoms with Crippen LogP contribution in [0.4, 0.5) is 0 Å². The summed E-state index contributed by atoms with van der Waals surface area (Å²) in [6.45, 7) is 10.9. The normalized spacial score (nSPS) is 14.5. The minimum Gasteiger partial charge on any atom is -0.327 e. The highest BCUT2D eigenvalue weighted by atomic mass is 14.9. The molecule has 0 aliphatic carbocycles. The first-order valence-corrected chi connectivity index (χ1v) is 5.42. The van der Waals surface area contributed by atoms with E-state index in [0.29, 0.717) is 11.5 Å². The van der Waals surface area contributed by atoms with Crippen LogP contribution in [-0.2, 0) is 0 Å². The van der Waals surface area contributed by atoms with Crippen molar-refractivity contribution in [3.8, 4) is 0 Å². The Labute approximate surface area is 83.3 Å². The van der Waals surface area contributed by atoms with Crippen molar-refractivity contribution in [2.75, 3.05) is 13.1 Å². The van der Waals surface area contributed by atoms with Gasteiger partial charge < -0.3 is 11.1 Å². The third-order valence-corrected chi connectivity index (χ3v) is 1.99. The number of nitrogens with one attached hydrogen (secondary N) is 1. The molecule has 80 valence electrons. The monoisotopic (exact) mass is 186 g/mol. The molecule has 0 aromatic rings. The molecule has 0 heterocycles. The van der Waals surface area contributed by atoms with Gasteiger partial charge in [0.1, 0.15) is 0 Å². The van der Waals surface area contributed by atoms with Crippen LogP contribution in [0.3, 0.4) is 0 Å². The van der Waals surface area contributed by atoms with Crippen LogP contribution in [0.1, 0.15) is 47.0 Å². The van der Waals surface area contributed by atoms with Crippen molar-refractivity contribution < 1.29 is 0 Å². The van der Waals surface area contributed by atoms with Gasteiger partial charge in [0.25, 0.3) is 0 Å². The molecule has 0 bridgehead atoms. The minimum atomic E-state index is 0.335. The van der Waals surface area contributed by atoms with Crippen LogP contribution in [0.5, 0.6) is 0 Å². The molecule has 0 saturated heterocycles. The van der Waals surface area contributed by atoms with Crippen LogP contribution >= 0.6 is 0 Å². The van der Waals surface area contributed by atoms with Gasteiger partial charge in [0.05, 0.1) is 0 Å². The molecule has 2 heteroatoms. The van der Waals surface area contributed by atoms with E-state index in [1.54, 1.807) is 0 Å². The minimum absolute atomic E-state index is 0.335. The maximum Gasteiger partial charge on any atom is 0.0165 e. The van der Waals surface area contributed by atoms with Crippen LogP contribution in [0.25, 0.3) is 0 Å². The Morgan fingerprint density at radius 3 is 2.38 bits per heavy atom. The predicted octanol–water partition coefficient (Wildman–Crippen LogP) is 2.14. The Kier molecular flexibility index (Phi) is 6.35. The summed E-state index contributed by atoms with van der Waals surface area (Å²) in [5.41, 5.74) is 6.29. The van der Waals surface area contributed by atoms with Gasteiger partial charge in [0.2, 0.25) is 0 Å². The summed E-state index contributed by atoms with van der Waals surface area (Å²) in [4.78, 5) is 0. The van der Waals surface area contributed by atoms with Crippen molar-refractivity contribution >= 4 is 0 Å². The Morgan fingerprint density at radius 1 is 1.31 bits per heavy atom. The lowest BCUT2D eigenvalue weighted by molar-refractivity contribution is 0.369. The third kappa shape index (κ3) is 9.84. The maximum absolute atomic E-state index is 5.93. The molecule has 0 saturated carbocycles. The Hall–Kier alpha value is -0.0800. The molecule has 1 atom stereocenters. The van der Waals surface area contributed by atoms with E-state index in [1.807, 2.05) is 0 Å². The summed E-state index contributed by atoms with van der Waals surface area (Å²) in [5.74, 6) is 0. The van der Waals surface area contributed by atoms with Gasteiger partial charge in [0.15, 0.2) is 0 Å².